The lowest BCUT2D eigenvalue weighted by atomic mass is 9.75. The Morgan fingerprint density at radius 2 is 2.05 bits per heavy atom. The maximum Gasteiger partial charge on any atom is 0.0939 e. The number of halogens is 1. The van der Waals surface area contributed by atoms with Crippen LogP contribution < -0.4 is 0 Å². The normalized spacial score (nSPS) is 38.4. The van der Waals surface area contributed by atoms with E-state index in [1.807, 2.05) is 0 Å². The van der Waals surface area contributed by atoms with Gasteiger partial charge in [0.15, 0.2) is 0 Å². The molecule has 0 aliphatic carbocycles. The highest BCUT2D eigenvalue weighted by molar-refractivity contribution is 6.21. The van der Waals surface area contributed by atoms with Gasteiger partial charge in [-0.05, 0) is 37.3 Å². The highest BCUT2D eigenvalue weighted by Crippen LogP contribution is 2.57. The highest BCUT2D eigenvalue weighted by atomic mass is 35.5. The van der Waals surface area contributed by atoms with Gasteiger partial charge in [0.2, 0.25) is 0 Å². The quantitative estimate of drug-likeness (QED) is 0.764. The van der Waals surface area contributed by atoms with Crippen LogP contribution in [-0.4, -0.2) is 22.7 Å². The fraction of sp³-hybridized carbons (Fsp3) is 0.667. The van der Waals surface area contributed by atoms with Crippen molar-refractivity contribution < 1.29 is 9.47 Å². The molecule has 0 radical (unpaired) electrons. The number of aryl methyl sites for hydroxylation is 1. The number of fused-ring (bicyclic) bond motifs is 2. The first-order chi connectivity index (χ1) is 9.87. The van der Waals surface area contributed by atoms with Gasteiger partial charge in [0, 0.05) is 6.42 Å². The van der Waals surface area contributed by atoms with Crippen LogP contribution in [0.1, 0.15) is 44.7 Å². The van der Waals surface area contributed by atoms with Crippen molar-refractivity contribution in [3.05, 3.63) is 35.4 Å². The minimum absolute atomic E-state index is 0.0980. The van der Waals surface area contributed by atoms with Gasteiger partial charge in [-0.1, -0.05) is 38.1 Å². The zero-order chi connectivity index (χ0) is 15.3. The first-order valence-electron chi connectivity index (χ1n) is 7.88. The predicted molar refractivity (Wildman–Crippen MR) is 85.7 cm³/mol. The molecular weight excluding hydrogens is 284 g/mol. The summed E-state index contributed by atoms with van der Waals surface area (Å²) in [4.78, 5) is 0. The topological polar surface area (TPSA) is 18.5 Å². The first-order valence-corrected chi connectivity index (χ1v) is 8.31. The van der Waals surface area contributed by atoms with E-state index in [1.165, 1.54) is 11.1 Å². The average Bonchev–Trinajstić information content (AvgIpc) is 2.86. The van der Waals surface area contributed by atoms with E-state index in [0.717, 1.165) is 12.8 Å². The number of hydrogen-bond acceptors (Lipinski definition) is 2. The SMILES string of the molecule is Cc1ccccc1COC1CC2(C(C)C)OC1(C)CC2Cl. The third-order valence-electron chi connectivity index (χ3n) is 5.40. The Balaban J connectivity index is 1.73. The summed E-state index contributed by atoms with van der Waals surface area (Å²) in [6.07, 6.45) is 1.92. The lowest BCUT2D eigenvalue weighted by molar-refractivity contribution is -0.0958. The van der Waals surface area contributed by atoms with Gasteiger partial charge in [-0.15, -0.1) is 11.6 Å². The summed E-state index contributed by atoms with van der Waals surface area (Å²) >= 11 is 6.58. The standard InChI is InChI=1S/C18H25ClO2/c1-12(2)18-10-16(17(4,21-18)9-15(18)19)20-11-14-8-6-5-7-13(14)3/h5-8,12,15-16H,9-11H2,1-4H3. The second kappa shape index (κ2) is 5.26. The first kappa shape index (κ1) is 15.3. The van der Waals surface area contributed by atoms with Crippen LogP contribution in [0.25, 0.3) is 0 Å². The van der Waals surface area contributed by atoms with E-state index in [-0.39, 0.29) is 22.7 Å². The van der Waals surface area contributed by atoms with Gasteiger partial charge in [-0.3, -0.25) is 0 Å². The summed E-state index contributed by atoms with van der Waals surface area (Å²) in [5.74, 6) is 0.411. The summed E-state index contributed by atoms with van der Waals surface area (Å²) in [6, 6.07) is 8.39. The second-order valence-corrected chi connectivity index (χ2v) is 7.65. The van der Waals surface area contributed by atoms with Crippen LogP contribution in [0.5, 0.6) is 0 Å². The monoisotopic (exact) mass is 308 g/mol. The Bertz CT molecular complexity index is 530. The van der Waals surface area contributed by atoms with E-state index in [2.05, 4.69) is 52.0 Å². The molecule has 2 bridgehead atoms. The maximum atomic E-state index is 6.58. The number of ether oxygens (including phenoxy) is 2. The van der Waals surface area contributed by atoms with Gasteiger partial charge in [-0.25, -0.2) is 0 Å². The van der Waals surface area contributed by atoms with Gasteiger partial charge in [0.1, 0.15) is 0 Å². The fourth-order valence-electron chi connectivity index (χ4n) is 3.85. The van der Waals surface area contributed by atoms with Crippen LogP contribution in [0.4, 0.5) is 0 Å². The van der Waals surface area contributed by atoms with Crippen LogP contribution in [0.2, 0.25) is 0 Å². The Hall–Kier alpha value is -0.570. The van der Waals surface area contributed by atoms with Crippen molar-refractivity contribution in [1.29, 1.82) is 0 Å². The van der Waals surface area contributed by atoms with Crippen molar-refractivity contribution >= 4 is 11.6 Å². The molecule has 2 saturated heterocycles. The second-order valence-electron chi connectivity index (χ2n) is 7.13. The van der Waals surface area contributed by atoms with Crippen molar-refractivity contribution in [2.75, 3.05) is 0 Å². The van der Waals surface area contributed by atoms with Gasteiger partial charge < -0.3 is 9.47 Å². The zero-order valence-electron chi connectivity index (χ0n) is 13.4. The molecule has 116 valence electrons. The molecule has 2 aliphatic rings. The molecule has 2 aliphatic heterocycles. The van der Waals surface area contributed by atoms with E-state index in [1.54, 1.807) is 0 Å². The molecule has 0 aromatic heterocycles. The summed E-state index contributed by atoms with van der Waals surface area (Å²) in [5.41, 5.74) is 2.08. The third-order valence-corrected chi connectivity index (χ3v) is 5.93. The fourth-order valence-corrected chi connectivity index (χ4v) is 4.55. The minimum Gasteiger partial charge on any atom is -0.370 e. The van der Waals surface area contributed by atoms with Crippen molar-refractivity contribution in [2.24, 2.45) is 5.92 Å². The third kappa shape index (κ3) is 2.42. The summed E-state index contributed by atoms with van der Waals surface area (Å²) in [7, 11) is 0. The summed E-state index contributed by atoms with van der Waals surface area (Å²) < 4.78 is 12.6. The van der Waals surface area contributed by atoms with Gasteiger partial charge in [0.25, 0.3) is 0 Å². The summed E-state index contributed by atoms with van der Waals surface area (Å²) in [5, 5.41) is 0.0980. The van der Waals surface area contributed by atoms with E-state index in [9.17, 15) is 0 Å². The Kier molecular flexibility index (Phi) is 3.84. The van der Waals surface area contributed by atoms with Gasteiger partial charge in [0.05, 0.1) is 29.3 Å². The van der Waals surface area contributed by atoms with E-state index < -0.39 is 0 Å². The number of benzene rings is 1. The van der Waals surface area contributed by atoms with Crippen molar-refractivity contribution in [2.45, 2.75) is 69.8 Å². The van der Waals surface area contributed by atoms with E-state index in [0.29, 0.717) is 12.5 Å². The predicted octanol–water partition coefficient (Wildman–Crippen LogP) is 4.47. The molecule has 0 saturated carbocycles. The Morgan fingerprint density at radius 3 is 2.67 bits per heavy atom. The minimum atomic E-state index is -0.237. The Labute approximate surface area is 132 Å². The van der Waals surface area contributed by atoms with Crippen LogP contribution >= 0.6 is 11.6 Å². The van der Waals surface area contributed by atoms with Crippen LogP contribution in [0, 0.1) is 12.8 Å². The molecule has 0 N–H and O–H groups in total. The molecular formula is C18H25ClO2. The molecule has 1 aromatic carbocycles. The molecule has 21 heavy (non-hydrogen) atoms. The van der Waals surface area contributed by atoms with Gasteiger partial charge in [-0.2, -0.15) is 0 Å². The summed E-state index contributed by atoms with van der Waals surface area (Å²) in [6.45, 7) is 9.33. The molecule has 1 aromatic rings. The molecule has 2 fully saturated rings. The van der Waals surface area contributed by atoms with Crippen molar-refractivity contribution in [3.63, 3.8) is 0 Å². The van der Waals surface area contributed by atoms with Crippen molar-refractivity contribution in [3.8, 4) is 0 Å². The molecule has 2 heterocycles. The molecule has 3 heteroatoms. The van der Waals surface area contributed by atoms with Crippen LogP contribution in [0.3, 0.4) is 0 Å². The lowest BCUT2D eigenvalue weighted by Crippen LogP contribution is -2.45. The number of alkyl halides is 1. The van der Waals surface area contributed by atoms with Crippen LogP contribution in [-0.2, 0) is 16.1 Å². The van der Waals surface area contributed by atoms with E-state index >= 15 is 0 Å². The lowest BCUT2D eigenvalue weighted by Gasteiger charge is -2.35. The number of hydrogen-bond donors (Lipinski definition) is 0. The molecule has 4 atom stereocenters. The highest BCUT2D eigenvalue weighted by Gasteiger charge is 2.65. The molecule has 0 amide bonds. The molecule has 3 rings (SSSR count). The Morgan fingerprint density at radius 1 is 1.33 bits per heavy atom. The largest absolute Gasteiger partial charge is 0.370 e. The van der Waals surface area contributed by atoms with Gasteiger partial charge >= 0.3 is 0 Å². The van der Waals surface area contributed by atoms with Crippen LogP contribution in [0.15, 0.2) is 24.3 Å². The molecule has 4 unspecified atom stereocenters. The van der Waals surface area contributed by atoms with E-state index in [4.69, 9.17) is 21.1 Å². The smallest absolute Gasteiger partial charge is 0.0939 e. The average molecular weight is 309 g/mol. The molecule has 2 nitrogen and oxygen atoms in total. The van der Waals surface area contributed by atoms with Crippen molar-refractivity contribution in [1.82, 2.24) is 0 Å². The number of rotatable bonds is 4. The maximum absolute atomic E-state index is 6.58. The zero-order valence-corrected chi connectivity index (χ0v) is 14.1. The molecule has 0 spiro atoms.